The topological polar surface area (TPSA) is 20.3 Å². The van der Waals surface area contributed by atoms with E-state index in [1.54, 1.807) is 17.9 Å². The molecular formula is C12H22ClNO. The first-order chi connectivity index (χ1) is 7.13. The van der Waals surface area contributed by atoms with Gasteiger partial charge in [0, 0.05) is 25.0 Å². The van der Waals surface area contributed by atoms with Gasteiger partial charge < -0.3 is 4.90 Å². The highest BCUT2D eigenvalue weighted by Crippen LogP contribution is 2.05. The molecule has 0 aromatic heterocycles. The van der Waals surface area contributed by atoms with Gasteiger partial charge in [-0.15, -0.1) is 11.6 Å². The van der Waals surface area contributed by atoms with Gasteiger partial charge in [-0.2, -0.15) is 0 Å². The van der Waals surface area contributed by atoms with Crippen molar-refractivity contribution < 1.29 is 4.79 Å². The van der Waals surface area contributed by atoms with E-state index < -0.39 is 0 Å². The molecule has 0 aromatic carbocycles. The number of allylic oxidation sites excluding steroid dienone is 3. The molecule has 0 rings (SSSR count). The quantitative estimate of drug-likeness (QED) is 0.523. The van der Waals surface area contributed by atoms with Crippen LogP contribution >= 0.6 is 11.6 Å². The van der Waals surface area contributed by atoms with Crippen LogP contribution in [0.5, 0.6) is 0 Å². The van der Waals surface area contributed by atoms with Gasteiger partial charge in [0.05, 0.1) is 0 Å². The molecule has 0 saturated carbocycles. The summed E-state index contributed by atoms with van der Waals surface area (Å²) in [4.78, 5) is 12.9. The first-order valence-electron chi connectivity index (χ1n) is 5.27. The summed E-state index contributed by atoms with van der Waals surface area (Å²) in [6, 6.07) is 0. The third kappa shape index (κ3) is 8.25. The minimum Gasteiger partial charge on any atom is -0.317 e. The molecule has 3 heteroatoms. The number of nitrogens with zero attached hydrogens (tertiary/aromatic N) is 1. The van der Waals surface area contributed by atoms with Crippen LogP contribution in [-0.4, -0.2) is 23.2 Å². The number of carbonyl (C=O) groups excluding carboxylic acids is 1. The molecule has 88 valence electrons. The molecule has 0 aliphatic heterocycles. The van der Waals surface area contributed by atoms with Crippen LogP contribution in [0.25, 0.3) is 0 Å². The maximum atomic E-state index is 11.2. The summed E-state index contributed by atoms with van der Waals surface area (Å²) in [6.45, 7) is 11.7. The van der Waals surface area contributed by atoms with Crippen LogP contribution in [0.15, 0.2) is 24.4 Å². The molecule has 0 fully saturated rings. The van der Waals surface area contributed by atoms with Crippen molar-refractivity contribution >= 4 is 17.5 Å². The van der Waals surface area contributed by atoms with Crippen LogP contribution in [-0.2, 0) is 4.79 Å². The Kier molecular flexibility index (Phi) is 12.6. The van der Waals surface area contributed by atoms with Gasteiger partial charge >= 0.3 is 0 Å². The summed E-state index contributed by atoms with van der Waals surface area (Å²) in [6.07, 6.45) is 4.30. The highest BCUT2D eigenvalue weighted by molar-refractivity contribution is 6.17. The molecule has 0 aliphatic rings. The summed E-state index contributed by atoms with van der Waals surface area (Å²) in [5.41, 5.74) is 0.910. The van der Waals surface area contributed by atoms with E-state index in [1.165, 1.54) is 0 Å². The smallest absolute Gasteiger partial charge is 0.223 e. The van der Waals surface area contributed by atoms with Gasteiger partial charge in [0.15, 0.2) is 0 Å². The maximum absolute atomic E-state index is 11.2. The molecule has 1 amide bonds. The molecule has 0 aromatic rings. The second kappa shape index (κ2) is 11.3. The predicted molar refractivity (Wildman–Crippen MR) is 68.0 cm³/mol. The van der Waals surface area contributed by atoms with Crippen LogP contribution in [0.4, 0.5) is 0 Å². The Morgan fingerprint density at radius 3 is 2.27 bits per heavy atom. The Labute approximate surface area is 98.6 Å². The highest BCUT2D eigenvalue weighted by atomic mass is 35.5. The number of alkyl halides is 1. The number of halogens is 1. The molecule has 0 N–H and O–H groups in total. The van der Waals surface area contributed by atoms with E-state index in [9.17, 15) is 4.79 Å². The standard InChI is InChI=1S/C10H16ClNO.C2H6/c1-4-6-9(2)12(10(3)13)8-5-7-11;1-2/h4,6H,1,5,7-8H2,2-3H3;1-2H3/b9-6+;. The summed E-state index contributed by atoms with van der Waals surface area (Å²) < 4.78 is 0. The Balaban J connectivity index is 0. The average Bonchev–Trinajstić information content (AvgIpc) is 2.21. The minimum absolute atomic E-state index is 0.0423. The Morgan fingerprint density at radius 2 is 1.93 bits per heavy atom. The van der Waals surface area contributed by atoms with Crippen LogP contribution < -0.4 is 0 Å². The molecule has 0 aliphatic carbocycles. The van der Waals surface area contributed by atoms with Crippen LogP contribution in [0.1, 0.15) is 34.1 Å². The molecule has 0 spiro atoms. The second-order valence-electron chi connectivity index (χ2n) is 2.76. The fraction of sp³-hybridized carbons (Fsp3) is 0.583. The van der Waals surface area contributed by atoms with E-state index in [0.29, 0.717) is 12.4 Å². The van der Waals surface area contributed by atoms with Crippen molar-refractivity contribution in [2.45, 2.75) is 34.1 Å². The fourth-order valence-corrected chi connectivity index (χ4v) is 1.18. The first-order valence-corrected chi connectivity index (χ1v) is 5.80. The summed E-state index contributed by atoms with van der Waals surface area (Å²) in [7, 11) is 0. The SMILES string of the molecule is C=C/C=C(\C)N(CCCCl)C(C)=O.CC. The zero-order valence-corrected chi connectivity index (χ0v) is 11.0. The fourth-order valence-electron chi connectivity index (χ4n) is 1.06. The highest BCUT2D eigenvalue weighted by Gasteiger charge is 2.08. The minimum atomic E-state index is 0.0423. The number of hydrogen-bond acceptors (Lipinski definition) is 1. The summed E-state index contributed by atoms with van der Waals surface area (Å²) >= 11 is 5.55. The van der Waals surface area contributed by atoms with E-state index in [4.69, 9.17) is 11.6 Å². The van der Waals surface area contributed by atoms with Gasteiger partial charge in [0.1, 0.15) is 0 Å². The van der Waals surface area contributed by atoms with E-state index in [0.717, 1.165) is 12.1 Å². The lowest BCUT2D eigenvalue weighted by atomic mass is 10.3. The Morgan fingerprint density at radius 1 is 1.40 bits per heavy atom. The van der Waals surface area contributed by atoms with Crippen molar-refractivity contribution in [3.63, 3.8) is 0 Å². The Bertz CT molecular complexity index is 212. The van der Waals surface area contributed by atoms with Gasteiger partial charge in [-0.3, -0.25) is 4.79 Å². The average molecular weight is 232 g/mol. The van der Waals surface area contributed by atoms with Gasteiger partial charge in [-0.05, 0) is 19.4 Å². The first kappa shape index (κ1) is 16.7. The van der Waals surface area contributed by atoms with Crippen LogP contribution in [0, 0.1) is 0 Å². The van der Waals surface area contributed by atoms with Crippen LogP contribution in [0.2, 0.25) is 0 Å². The van der Waals surface area contributed by atoms with Gasteiger partial charge in [-0.25, -0.2) is 0 Å². The summed E-state index contributed by atoms with van der Waals surface area (Å²) in [5, 5.41) is 0. The summed E-state index contributed by atoms with van der Waals surface area (Å²) in [5.74, 6) is 0.617. The molecule has 0 atom stereocenters. The van der Waals surface area contributed by atoms with Crippen molar-refractivity contribution in [3.8, 4) is 0 Å². The lowest BCUT2D eigenvalue weighted by Crippen LogP contribution is -2.28. The zero-order chi connectivity index (χ0) is 12.3. The predicted octanol–water partition coefficient (Wildman–Crippen LogP) is 3.58. The molecule has 0 saturated heterocycles. The van der Waals surface area contributed by atoms with Crippen molar-refractivity contribution in [2.75, 3.05) is 12.4 Å². The third-order valence-corrected chi connectivity index (χ3v) is 1.95. The molecular weight excluding hydrogens is 210 g/mol. The normalized spacial score (nSPS) is 10.1. The number of amides is 1. The van der Waals surface area contributed by atoms with Gasteiger partial charge in [-0.1, -0.05) is 26.5 Å². The van der Waals surface area contributed by atoms with Gasteiger partial charge in [0.25, 0.3) is 0 Å². The van der Waals surface area contributed by atoms with Crippen molar-refractivity contribution in [3.05, 3.63) is 24.4 Å². The molecule has 0 radical (unpaired) electrons. The molecule has 15 heavy (non-hydrogen) atoms. The molecule has 0 heterocycles. The van der Waals surface area contributed by atoms with E-state index >= 15 is 0 Å². The lowest BCUT2D eigenvalue weighted by molar-refractivity contribution is -0.126. The number of carbonyl (C=O) groups is 1. The van der Waals surface area contributed by atoms with Crippen molar-refractivity contribution in [1.82, 2.24) is 4.90 Å². The zero-order valence-electron chi connectivity index (χ0n) is 10.2. The number of rotatable bonds is 5. The third-order valence-electron chi connectivity index (χ3n) is 1.68. The van der Waals surface area contributed by atoms with Crippen molar-refractivity contribution in [2.24, 2.45) is 0 Å². The lowest BCUT2D eigenvalue weighted by Gasteiger charge is -2.20. The van der Waals surface area contributed by atoms with Gasteiger partial charge in [0.2, 0.25) is 5.91 Å². The second-order valence-corrected chi connectivity index (χ2v) is 3.13. The monoisotopic (exact) mass is 231 g/mol. The van der Waals surface area contributed by atoms with Crippen molar-refractivity contribution in [1.29, 1.82) is 0 Å². The molecule has 2 nitrogen and oxygen atoms in total. The van der Waals surface area contributed by atoms with Crippen LogP contribution in [0.3, 0.4) is 0 Å². The molecule has 0 unspecified atom stereocenters. The molecule has 0 bridgehead atoms. The number of hydrogen-bond donors (Lipinski definition) is 0. The van der Waals surface area contributed by atoms with E-state index in [1.807, 2.05) is 26.8 Å². The maximum Gasteiger partial charge on any atom is 0.223 e. The largest absolute Gasteiger partial charge is 0.317 e. The van der Waals surface area contributed by atoms with E-state index in [2.05, 4.69) is 6.58 Å². The Hall–Kier alpha value is -0.760. The van der Waals surface area contributed by atoms with E-state index in [-0.39, 0.29) is 5.91 Å².